The first-order chi connectivity index (χ1) is 6.43. The Labute approximate surface area is 93.4 Å². The second-order valence-corrected chi connectivity index (χ2v) is 5.59. The molecule has 0 saturated carbocycles. The fourth-order valence-corrected chi connectivity index (χ4v) is 2.17. The molecule has 0 bridgehead atoms. The number of hydrogen-bond donors (Lipinski definition) is 1. The number of morpholine rings is 1. The van der Waals surface area contributed by atoms with Gasteiger partial charge in [-0.25, -0.2) is 0 Å². The Balaban J connectivity index is 2.44. The summed E-state index contributed by atoms with van der Waals surface area (Å²) in [5.74, 6) is 0.938. The van der Waals surface area contributed by atoms with Gasteiger partial charge in [0.25, 0.3) is 0 Å². The van der Waals surface area contributed by atoms with Gasteiger partial charge in [-0.2, -0.15) is 12.6 Å². The van der Waals surface area contributed by atoms with Gasteiger partial charge < -0.3 is 4.74 Å². The van der Waals surface area contributed by atoms with Crippen LogP contribution >= 0.6 is 12.6 Å². The van der Waals surface area contributed by atoms with E-state index in [-0.39, 0.29) is 0 Å². The molecule has 1 saturated heterocycles. The molecule has 14 heavy (non-hydrogen) atoms. The number of thiol groups is 1. The van der Waals surface area contributed by atoms with E-state index in [0.29, 0.717) is 17.6 Å². The van der Waals surface area contributed by atoms with Crippen molar-refractivity contribution in [1.82, 2.24) is 4.90 Å². The minimum Gasteiger partial charge on any atom is -0.373 e. The number of hydrogen-bond acceptors (Lipinski definition) is 3. The molecule has 0 aromatic heterocycles. The first-order valence-corrected chi connectivity index (χ1v) is 6.05. The van der Waals surface area contributed by atoms with E-state index < -0.39 is 0 Å². The SMILES string of the molecule is CC1CN(CC(C)(C)CS)CC(C)O1. The van der Waals surface area contributed by atoms with Gasteiger partial charge in [0.1, 0.15) is 0 Å². The van der Waals surface area contributed by atoms with E-state index in [9.17, 15) is 0 Å². The predicted octanol–water partition coefficient (Wildman–Crippen LogP) is 2.05. The first-order valence-electron chi connectivity index (χ1n) is 5.41. The Morgan fingerprint density at radius 2 is 1.79 bits per heavy atom. The fourth-order valence-electron chi connectivity index (χ4n) is 2.07. The summed E-state index contributed by atoms with van der Waals surface area (Å²) in [7, 11) is 0. The van der Waals surface area contributed by atoms with Crippen LogP contribution in [0, 0.1) is 5.41 Å². The lowest BCUT2D eigenvalue weighted by Gasteiger charge is -2.39. The van der Waals surface area contributed by atoms with Crippen LogP contribution in [0.15, 0.2) is 0 Å². The number of ether oxygens (including phenoxy) is 1. The van der Waals surface area contributed by atoms with Crippen molar-refractivity contribution in [2.24, 2.45) is 5.41 Å². The summed E-state index contributed by atoms with van der Waals surface area (Å²) in [4.78, 5) is 2.50. The van der Waals surface area contributed by atoms with E-state index in [2.05, 4.69) is 45.2 Å². The highest BCUT2D eigenvalue weighted by Crippen LogP contribution is 2.21. The van der Waals surface area contributed by atoms with Crippen LogP contribution in [0.1, 0.15) is 27.7 Å². The molecular formula is C11H23NOS. The summed E-state index contributed by atoms with van der Waals surface area (Å²) in [6.07, 6.45) is 0.740. The molecular weight excluding hydrogens is 194 g/mol. The average Bonchev–Trinajstić information content (AvgIpc) is 2.01. The van der Waals surface area contributed by atoms with Crippen molar-refractivity contribution in [3.8, 4) is 0 Å². The highest BCUT2D eigenvalue weighted by Gasteiger charge is 2.26. The molecule has 0 aromatic rings. The van der Waals surface area contributed by atoms with Gasteiger partial charge >= 0.3 is 0 Å². The Bertz CT molecular complexity index is 174. The monoisotopic (exact) mass is 217 g/mol. The maximum Gasteiger partial charge on any atom is 0.0678 e. The zero-order valence-electron chi connectivity index (χ0n) is 9.79. The first kappa shape index (κ1) is 12.3. The highest BCUT2D eigenvalue weighted by molar-refractivity contribution is 7.80. The van der Waals surface area contributed by atoms with Crippen LogP contribution in [0.25, 0.3) is 0 Å². The van der Waals surface area contributed by atoms with Crippen LogP contribution in [0.4, 0.5) is 0 Å². The molecule has 0 spiro atoms. The lowest BCUT2D eigenvalue weighted by Crippen LogP contribution is -2.48. The molecule has 0 N–H and O–H groups in total. The molecule has 0 aromatic carbocycles. The topological polar surface area (TPSA) is 12.5 Å². The highest BCUT2D eigenvalue weighted by atomic mass is 32.1. The number of nitrogens with zero attached hydrogens (tertiary/aromatic N) is 1. The molecule has 2 atom stereocenters. The molecule has 0 aliphatic carbocycles. The van der Waals surface area contributed by atoms with Crippen LogP contribution < -0.4 is 0 Å². The largest absolute Gasteiger partial charge is 0.373 e. The van der Waals surface area contributed by atoms with Crippen molar-refractivity contribution in [3.05, 3.63) is 0 Å². The zero-order chi connectivity index (χ0) is 10.8. The third-order valence-corrected chi connectivity index (χ3v) is 3.43. The lowest BCUT2D eigenvalue weighted by atomic mass is 9.95. The van der Waals surface area contributed by atoms with E-state index >= 15 is 0 Å². The third-order valence-electron chi connectivity index (χ3n) is 2.57. The van der Waals surface area contributed by atoms with E-state index in [1.165, 1.54) is 0 Å². The molecule has 3 heteroatoms. The second-order valence-electron chi connectivity index (χ2n) is 5.27. The van der Waals surface area contributed by atoms with Gasteiger partial charge in [0.2, 0.25) is 0 Å². The Hall–Kier alpha value is 0.270. The Morgan fingerprint density at radius 3 is 2.21 bits per heavy atom. The van der Waals surface area contributed by atoms with Gasteiger partial charge in [0.15, 0.2) is 0 Å². The van der Waals surface area contributed by atoms with Crippen LogP contribution in [0.2, 0.25) is 0 Å². The zero-order valence-corrected chi connectivity index (χ0v) is 10.7. The van der Waals surface area contributed by atoms with Crippen molar-refractivity contribution >= 4 is 12.6 Å². The van der Waals surface area contributed by atoms with Gasteiger partial charge in [0, 0.05) is 19.6 Å². The second kappa shape index (κ2) is 4.86. The van der Waals surface area contributed by atoms with Crippen molar-refractivity contribution < 1.29 is 4.74 Å². The fraction of sp³-hybridized carbons (Fsp3) is 1.00. The Morgan fingerprint density at radius 1 is 1.29 bits per heavy atom. The van der Waals surface area contributed by atoms with E-state index in [1.807, 2.05) is 0 Å². The van der Waals surface area contributed by atoms with Crippen LogP contribution in [0.5, 0.6) is 0 Å². The van der Waals surface area contributed by atoms with Crippen molar-refractivity contribution in [2.75, 3.05) is 25.4 Å². The molecule has 1 aliphatic rings. The maximum atomic E-state index is 5.70. The average molecular weight is 217 g/mol. The van der Waals surface area contributed by atoms with E-state index in [0.717, 1.165) is 25.4 Å². The van der Waals surface area contributed by atoms with Crippen LogP contribution in [0.3, 0.4) is 0 Å². The van der Waals surface area contributed by atoms with Crippen LogP contribution in [-0.4, -0.2) is 42.5 Å². The summed E-state index contributed by atoms with van der Waals surface area (Å²) >= 11 is 4.39. The lowest BCUT2D eigenvalue weighted by molar-refractivity contribution is -0.0744. The van der Waals surface area contributed by atoms with Gasteiger partial charge in [-0.1, -0.05) is 13.8 Å². The maximum absolute atomic E-state index is 5.70. The van der Waals surface area contributed by atoms with Gasteiger partial charge in [-0.15, -0.1) is 0 Å². The number of rotatable bonds is 3. The van der Waals surface area contributed by atoms with Gasteiger partial charge in [-0.3, -0.25) is 4.90 Å². The van der Waals surface area contributed by atoms with Crippen molar-refractivity contribution in [2.45, 2.75) is 39.9 Å². The molecule has 1 aliphatic heterocycles. The van der Waals surface area contributed by atoms with Crippen molar-refractivity contribution in [1.29, 1.82) is 0 Å². The molecule has 0 amide bonds. The molecule has 1 heterocycles. The van der Waals surface area contributed by atoms with Crippen molar-refractivity contribution in [3.63, 3.8) is 0 Å². The summed E-state index contributed by atoms with van der Waals surface area (Å²) in [5.41, 5.74) is 0.305. The molecule has 0 radical (unpaired) electrons. The molecule has 84 valence electrons. The predicted molar refractivity (Wildman–Crippen MR) is 64.1 cm³/mol. The smallest absolute Gasteiger partial charge is 0.0678 e. The minimum absolute atomic E-state index is 0.305. The molecule has 1 fully saturated rings. The molecule has 1 rings (SSSR count). The summed E-state index contributed by atoms with van der Waals surface area (Å²) in [6, 6.07) is 0. The van der Waals surface area contributed by atoms with Crippen LogP contribution in [-0.2, 0) is 4.74 Å². The van der Waals surface area contributed by atoms with Gasteiger partial charge in [-0.05, 0) is 25.0 Å². The molecule has 2 nitrogen and oxygen atoms in total. The third kappa shape index (κ3) is 3.79. The normalized spacial score (nSPS) is 30.6. The quantitative estimate of drug-likeness (QED) is 0.726. The van der Waals surface area contributed by atoms with Gasteiger partial charge in [0.05, 0.1) is 12.2 Å². The van der Waals surface area contributed by atoms with E-state index in [1.54, 1.807) is 0 Å². The summed E-state index contributed by atoms with van der Waals surface area (Å²) in [6.45, 7) is 12.1. The minimum atomic E-state index is 0.305. The summed E-state index contributed by atoms with van der Waals surface area (Å²) < 4.78 is 5.70. The Kier molecular flexibility index (Phi) is 4.29. The summed E-state index contributed by atoms with van der Waals surface area (Å²) in [5, 5.41) is 0. The molecule has 2 unspecified atom stereocenters. The van der Waals surface area contributed by atoms with E-state index in [4.69, 9.17) is 4.74 Å². The standard InChI is InChI=1S/C11H23NOS/c1-9-5-12(6-10(2)13-9)7-11(3,4)8-14/h9-10,14H,5-8H2,1-4H3.